The molecular formula is C9H16NY. The molecule has 0 aliphatic carbocycles. The first-order valence-corrected chi connectivity index (χ1v) is 4.01. The summed E-state index contributed by atoms with van der Waals surface area (Å²) in [4.78, 5) is 0. The maximum atomic E-state index is 4.06. The second kappa shape index (κ2) is 6.57. The summed E-state index contributed by atoms with van der Waals surface area (Å²) < 4.78 is 0. The minimum Gasteiger partial charge on any atom is -0.346 e. The second-order valence-electron chi connectivity index (χ2n) is 2.96. The number of unbranched alkanes of at least 4 members (excludes halogenated alkanes) is 1. The summed E-state index contributed by atoms with van der Waals surface area (Å²) in [6, 6.07) is 0. The molecule has 1 fully saturated rings. The van der Waals surface area contributed by atoms with E-state index in [-0.39, 0.29) is 32.7 Å². The molecule has 0 amide bonds. The normalized spacial score (nSPS) is 30.0. The Morgan fingerprint density at radius 1 is 1.45 bits per heavy atom. The van der Waals surface area contributed by atoms with Gasteiger partial charge in [0.15, 0.2) is 0 Å². The van der Waals surface area contributed by atoms with Crippen LogP contribution in [0.3, 0.4) is 0 Å². The summed E-state index contributed by atoms with van der Waals surface area (Å²) in [5.41, 5.74) is 0. The molecule has 1 rings (SSSR count). The van der Waals surface area contributed by atoms with Crippen LogP contribution in [0.2, 0.25) is 0 Å². The molecule has 1 saturated heterocycles. The van der Waals surface area contributed by atoms with Crippen molar-refractivity contribution in [3.05, 3.63) is 20.3 Å². The van der Waals surface area contributed by atoms with Gasteiger partial charge in [0.05, 0.1) is 0 Å². The van der Waals surface area contributed by atoms with Crippen LogP contribution in [0.15, 0.2) is 0 Å². The third kappa shape index (κ3) is 4.01. The van der Waals surface area contributed by atoms with Crippen molar-refractivity contribution in [2.45, 2.75) is 12.8 Å². The van der Waals surface area contributed by atoms with Crippen molar-refractivity contribution in [2.75, 3.05) is 13.1 Å². The van der Waals surface area contributed by atoms with E-state index < -0.39 is 0 Å². The van der Waals surface area contributed by atoms with Crippen molar-refractivity contribution in [3.8, 4) is 0 Å². The fourth-order valence-corrected chi connectivity index (χ4v) is 1.36. The summed E-state index contributed by atoms with van der Waals surface area (Å²) in [5, 5.41) is 3.32. The molecule has 2 heteroatoms. The quantitative estimate of drug-likeness (QED) is 0.720. The van der Waals surface area contributed by atoms with Gasteiger partial charge in [0, 0.05) is 0 Å². The average Bonchev–Trinajstić information content (AvgIpc) is 2.31. The first-order valence-electron chi connectivity index (χ1n) is 4.01. The zero-order chi connectivity index (χ0) is 7.40. The fourth-order valence-electron chi connectivity index (χ4n) is 1.36. The van der Waals surface area contributed by atoms with Gasteiger partial charge in [-0.15, -0.1) is 0 Å². The molecule has 0 radical (unpaired) electrons. The predicted octanol–water partition coefficient (Wildman–Crippen LogP) is 1.47. The summed E-state index contributed by atoms with van der Waals surface area (Å²) in [6.07, 6.45) is 4.51. The Morgan fingerprint density at radius 3 is 2.64 bits per heavy atom. The molecule has 0 bridgehead atoms. The zero-order valence-corrected chi connectivity index (χ0v) is 9.89. The molecule has 1 heterocycles. The summed E-state index contributed by atoms with van der Waals surface area (Å²) in [6.45, 7) is 10.1. The third-order valence-electron chi connectivity index (χ3n) is 2.07. The van der Waals surface area contributed by atoms with Crippen LogP contribution in [-0.2, 0) is 32.7 Å². The van der Waals surface area contributed by atoms with Crippen molar-refractivity contribution in [1.82, 2.24) is 5.32 Å². The van der Waals surface area contributed by atoms with Crippen LogP contribution in [0.4, 0.5) is 0 Å². The van der Waals surface area contributed by atoms with Gasteiger partial charge in [0.2, 0.25) is 0 Å². The van der Waals surface area contributed by atoms with E-state index in [1.54, 1.807) is 0 Å². The van der Waals surface area contributed by atoms with Crippen molar-refractivity contribution >= 4 is 0 Å². The van der Waals surface area contributed by atoms with Crippen LogP contribution in [0, 0.1) is 32.1 Å². The smallest absolute Gasteiger partial charge is 0.346 e. The van der Waals surface area contributed by atoms with E-state index in [1.807, 2.05) is 0 Å². The molecule has 0 aromatic rings. The van der Waals surface area contributed by atoms with Gasteiger partial charge in [0.1, 0.15) is 0 Å². The Balaban J connectivity index is 0.000001000. The molecule has 1 aliphatic rings. The van der Waals surface area contributed by atoms with Crippen LogP contribution in [0.5, 0.6) is 0 Å². The molecule has 2 atom stereocenters. The fraction of sp³-hybridized carbons (Fsp3) is 0.667. The van der Waals surface area contributed by atoms with Crippen LogP contribution in [0.25, 0.3) is 0 Å². The number of nitrogens with one attached hydrogen (secondary N) is 1. The van der Waals surface area contributed by atoms with Crippen LogP contribution >= 0.6 is 0 Å². The summed E-state index contributed by atoms with van der Waals surface area (Å²) in [7, 11) is 0. The zero-order valence-electron chi connectivity index (χ0n) is 7.05. The number of hydrogen-bond donors (Lipinski definition) is 1. The predicted molar refractivity (Wildman–Crippen MR) is 44.1 cm³/mol. The minimum atomic E-state index is 0. The van der Waals surface area contributed by atoms with E-state index in [0.717, 1.165) is 25.9 Å². The van der Waals surface area contributed by atoms with E-state index >= 15 is 0 Å². The first-order chi connectivity index (χ1) is 4.84. The molecular weight excluding hydrogens is 211 g/mol. The Hall–Kier alpha value is 1.06. The molecule has 1 aliphatic heterocycles. The second-order valence-corrected chi connectivity index (χ2v) is 2.96. The molecule has 1 N–H and O–H groups in total. The van der Waals surface area contributed by atoms with Gasteiger partial charge in [-0.3, -0.25) is 0 Å². The minimum absolute atomic E-state index is 0. The summed E-state index contributed by atoms with van der Waals surface area (Å²) >= 11 is 0. The topological polar surface area (TPSA) is 12.0 Å². The molecule has 0 spiro atoms. The van der Waals surface area contributed by atoms with Crippen LogP contribution < -0.4 is 5.32 Å². The van der Waals surface area contributed by atoms with Crippen molar-refractivity contribution in [3.63, 3.8) is 0 Å². The van der Waals surface area contributed by atoms with Crippen LogP contribution in [0.1, 0.15) is 12.8 Å². The third-order valence-corrected chi connectivity index (χ3v) is 2.07. The Labute approximate surface area is 95.6 Å². The average molecular weight is 227 g/mol. The molecule has 0 aromatic carbocycles. The molecule has 60 valence electrons. The van der Waals surface area contributed by atoms with E-state index in [1.165, 1.54) is 0 Å². The molecule has 2 unspecified atom stereocenters. The van der Waals surface area contributed by atoms with E-state index in [0.29, 0.717) is 11.8 Å². The SMILES string of the molecule is [CH2-]CC[CH-]C1CNCC1[CH2-].[Y+3]. The van der Waals surface area contributed by atoms with Crippen molar-refractivity contribution in [1.29, 1.82) is 0 Å². The maximum absolute atomic E-state index is 4.06. The van der Waals surface area contributed by atoms with E-state index in [4.69, 9.17) is 0 Å². The monoisotopic (exact) mass is 227 g/mol. The Morgan fingerprint density at radius 2 is 2.18 bits per heavy atom. The van der Waals surface area contributed by atoms with E-state index in [2.05, 4.69) is 25.6 Å². The number of rotatable bonds is 3. The van der Waals surface area contributed by atoms with Gasteiger partial charge in [-0.2, -0.15) is 11.8 Å². The van der Waals surface area contributed by atoms with Crippen molar-refractivity contribution < 1.29 is 32.7 Å². The van der Waals surface area contributed by atoms with Gasteiger partial charge < -0.3 is 25.6 Å². The van der Waals surface area contributed by atoms with Gasteiger partial charge >= 0.3 is 32.7 Å². The molecule has 1 nitrogen and oxygen atoms in total. The molecule has 0 saturated carbocycles. The maximum Gasteiger partial charge on any atom is 3.00 e. The number of hydrogen-bond acceptors (Lipinski definition) is 1. The first kappa shape index (κ1) is 12.1. The summed E-state index contributed by atoms with van der Waals surface area (Å²) in [5.74, 6) is 1.29. The van der Waals surface area contributed by atoms with Gasteiger partial charge in [0.25, 0.3) is 0 Å². The Kier molecular flexibility index (Phi) is 7.20. The molecule has 11 heavy (non-hydrogen) atoms. The van der Waals surface area contributed by atoms with Gasteiger partial charge in [-0.1, -0.05) is 0 Å². The van der Waals surface area contributed by atoms with E-state index in [9.17, 15) is 0 Å². The van der Waals surface area contributed by atoms with Crippen LogP contribution in [-0.4, -0.2) is 13.1 Å². The standard InChI is InChI=1S/C9H16N.Y/c1-3-4-5-9-7-10-6-8(9)2;/h5,8-10H,1-4,6-7H2;/q-3;+3. The molecule has 0 aromatic heterocycles. The van der Waals surface area contributed by atoms with Gasteiger partial charge in [-0.25, -0.2) is 12.8 Å². The Bertz CT molecular complexity index is 95.6. The largest absolute Gasteiger partial charge is 3.00 e. The van der Waals surface area contributed by atoms with Gasteiger partial charge in [-0.05, 0) is 13.1 Å². The van der Waals surface area contributed by atoms with Crippen molar-refractivity contribution in [2.24, 2.45) is 11.8 Å².